The molecule has 6 nitrogen and oxygen atoms in total. The maximum atomic E-state index is 12.9. The Kier molecular flexibility index (Phi) is 7.27. The second-order valence-electron chi connectivity index (χ2n) is 7.96. The van der Waals surface area contributed by atoms with E-state index in [1.54, 1.807) is 36.5 Å². The molecule has 32 heavy (non-hydrogen) atoms. The summed E-state index contributed by atoms with van der Waals surface area (Å²) in [5, 5.41) is 0.746. The maximum absolute atomic E-state index is 12.9. The lowest BCUT2D eigenvalue weighted by molar-refractivity contribution is 0.0948. The number of halogens is 2. The molecule has 0 N–H and O–H groups in total. The van der Waals surface area contributed by atoms with Gasteiger partial charge >= 0.3 is 5.69 Å². The normalized spacial score (nSPS) is 16.4. The number of aryl methyl sites for hydroxylation is 1. The van der Waals surface area contributed by atoms with E-state index in [1.165, 1.54) is 10.1 Å². The van der Waals surface area contributed by atoms with Crippen LogP contribution in [0.5, 0.6) is 0 Å². The van der Waals surface area contributed by atoms with Crippen molar-refractivity contribution in [3.63, 3.8) is 0 Å². The molecule has 1 unspecified atom stereocenters. The van der Waals surface area contributed by atoms with Crippen LogP contribution in [0.25, 0.3) is 0 Å². The molecule has 4 rings (SSSR count). The molecule has 1 atom stereocenters. The summed E-state index contributed by atoms with van der Waals surface area (Å²) in [5.41, 5.74) is 0.440. The van der Waals surface area contributed by atoms with Gasteiger partial charge in [-0.15, -0.1) is 0 Å². The van der Waals surface area contributed by atoms with Gasteiger partial charge in [-0.2, -0.15) is 4.57 Å². The highest BCUT2D eigenvalue weighted by Gasteiger charge is 2.23. The van der Waals surface area contributed by atoms with Gasteiger partial charge < -0.3 is 4.90 Å². The number of likely N-dealkylation sites (tertiary alicyclic amines) is 1. The molecule has 1 saturated heterocycles. The number of aromatic nitrogens is 2. The van der Waals surface area contributed by atoms with Gasteiger partial charge in [-0.3, -0.25) is 14.2 Å². The van der Waals surface area contributed by atoms with E-state index < -0.39 is 17.2 Å². The molecule has 0 aliphatic carbocycles. The van der Waals surface area contributed by atoms with Crippen molar-refractivity contribution in [2.75, 3.05) is 19.6 Å². The maximum Gasteiger partial charge on any atom is 0.338 e. The Morgan fingerprint density at radius 2 is 1.75 bits per heavy atom. The highest BCUT2D eigenvalue weighted by atomic mass is 127. The number of hydrogen-bond donors (Lipinski definition) is 0. The van der Waals surface area contributed by atoms with Crippen LogP contribution in [-0.4, -0.2) is 39.6 Å². The molecule has 166 valence electrons. The van der Waals surface area contributed by atoms with Crippen molar-refractivity contribution < 1.29 is 4.79 Å². The highest BCUT2D eigenvalue weighted by Crippen LogP contribution is 2.28. The Balaban J connectivity index is 1.42. The molecule has 0 bridgehead atoms. The van der Waals surface area contributed by atoms with E-state index in [9.17, 15) is 14.4 Å². The largest absolute Gasteiger partial charge is 0.338 e. The smallest absolute Gasteiger partial charge is 0.303 e. The van der Waals surface area contributed by atoms with E-state index in [2.05, 4.69) is 17.0 Å². The first-order valence-electron chi connectivity index (χ1n) is 10.5. The van der Waals surface area contributed by atoms with E-state index >= 15 is 0 Å². The number of carbonyl (C=O) groups is 1. The zero-order valence-corrected chi connectivity index (χ0v) is 20.3. The average Bonchev–Trinajstić information content (AvgIpc) is 3.27. The molecule has 2 heterocycles. The van der Waals surface area contributed by atoms with E-state index in [0.29, 0.717) is 21.6 Å². The predicted molar refractivity (Wildman–Crippen MR) is 134 cm³/mol. The minimum absolute atomic E-state index is 0.311. The van der Waals surface area contributed by atoms with Crippen LogP contribution in [0.3, 0.4) is 0 Å². The van der Waals surface area contributed by atoms with Crippen LogP contribution in [-0.2, 0) is 6.54 Å². The quantitative estimate of drug-likeness (QED) is 0.428. The van der Waals surface area contributed by atoms with Gasteiger partial charge in [-0.1, -0.05) is 41.9 Å². The van der Waals surface area contributed by atoms with E-state index in [1.807, 2.05) is 34.7 Å². The van der Waals surface area contributed by atoms with Crippen LogP contribution in [0.2, 0.25) is 5.02 Å². The lowest BCUT2D eigenvalue weighted by atomic mass is 9.99. The van der Waals surface area contributed by atoms with Gasteiger partial charge in [-0.25, -0.2) is 4.79 Å². The summed E-state index contributed by atoms with van der Waals surface area (Å²) in [6.45, 7) is 3.27. The van der Waals surface area contributed by atoms with Gasteiger partial charge in [0.1, 0.15) is 0 Å². The Bertz CT molecular complexity index is 1220. The molecule has 1 aliphatic heterocycles. The third-order valence-electron chi connectivity index (χ3n) is 5.82. The van der Waals surface area contributed by atoms with E-state index in [4.69, 9.17) is 11.6 Å². The fourth-order valence-corrected chi connectivity index (χ4v) is 4.83. The molecular formula is C24H23ClIN3O3. The summed E-state index contributed by atoms with van der Waals surface area (Å²) in [6.07, 6.45) is 3.39. The van der Waals surface area contributed by atoms with E-state index in [-0.39, 0.29) is 0 Å². The van der Waals surface area contributed by atoms with Crippen LogP contribution < -0.4 is 11.2 Å². The van der Waals surface area contributed by atoms with Crippen molar-refractivity contribution in [2.24, 2.45) is 0 Å². The number of hydrogen-bond acceptors (Lipinski definition) is 4. The molecule has 0 spiro atoms. The molecule has 1 aliphatic rings. The SMILES string of the molecule is O=C(c1ccccc1)n1c(=O)c(I)cn(CCCN2CCC(c3ccc(Cl)cc3)C2)c1=O. The van der Waals surface area contributed by atoms with Crippen molar-refractivity contribution in [3.05, 3.63) is 101 Å². The van der Waals surface area contributed by atoms with Crippen LogP contribution >= 0.6 is 34.2 Å². The summed E-state index contributed by atoms with van der Waals surface area (Å²) in [4.78, 5) is 40.6. The monoisotopic (exact) mass is 563 g/mol. The second kappa shape index (κ2) is 10.1. The Hall–Kier alpha value is -2.23. The predicted octanol–water partition coefficient (Wildman–Crippen LogP) is 3.84. The fraction of sp³-hybridized carbons (Fsp3) is 0.292. The Morgan fingerprint density at radius 3 is 2.47 bits per heavy atom. The van der Waals surface area contributed by atoms with Crippen LogP contribution in [0, 0.1) is 3.57 Å². The fourth-order valence-electron chi connectivity index (χ4n) is 4.13. The molecular weight excluding hydrogens is 541 g/mol. The van der Waals surface area contributed by atoms with Crippen LogP contribution in [0.15, 0.2) is 70.4 Å². The molecule has 3 aromatic rings. The molecule has 1 aromatic heterocycles. The lowest BCUT2D eigenvalue weighted by Crippen LogP contribution is -2.45. The lowest BCUT2D eigenvalue weighted by Gasteiger charge is -2.17. The van der Waals surface area contributed by atoms with Crippen LogP contribution in [0.1, 0.15) is 34.7 Å². The second-order valence-corrected chi connectivity index (χ2v) is 9.55. The summed E-state index contributed by atoms with van der Waals surface area (Å²) in [7, 11) is 0. The molecule has 0 radical (unpaired) electrons. The van der Waals surface area contributed by atoms with Gasteiger partial charge in [0.05, 0.1) is 3.57 Å². The Morgan fingerprint density at radius 1 is 1.03 bits per heavy atom. The third-order valence-corrected chi connectivity index (χ3v) is 6.82. The molecule has 1 fully saturated rings. The summed E-state index contributed by atoms with van der Waals surface area (Å²) >= 11 is 7.87. The average molecular weight is 564 g/mol. The summed E-state index contributed by atoms with van der Waals surface area (Å²) < 4.78 is 2.55. The first-order valence-corrected chi connectivity index (χ1v) is 12.0. The molecule has 8 heteroatoms. The summed E-state index contributed by atoms with van der Waals surface area (Å²) in [5.74, 6) is -0.112. The molecule has 0 saturated carbocycles. The minimum Gasteiger partial charge on any atom is -0.303 e. The van der Waals surface area contributed by atoms with Gasteiger partial charge in [-0.05, 0) is 84.3 Å². The van der Waals surface area contributed by atoms with Crippen molar-refractivity contribution in [3.8, 4) is 0 Å². The molecule has 2 aromatic carbocycles. The Labute approximate surface area is 204 Å². The standard InChI is InChI=1S/C24H23ClIN3O3/c25-20-9-7-17(8-10-20)19-11-14-27(15-19)12-4-13-28-16-21(26)23(31)29(24(28)32)22(30)18-5-2-1-3-6-18/h1-3,5-10,16,19H,4,11-15H2. The zero-order valence-electron chi connectivity index (χ0n) is 17.4. The van der Waals surface area contributed by atoms with Gasteiger partial charge in [0.2, 0.25) is 0 Å². The number of nitrogens with zero attached hydrogens (tertiary/aromatic N) is 3. The highest BCUT2D eigenvalue weighted by molar-refractivity contribution is 14.1. The third kappa shape index (κ3) is 5.05. The zero-order chi connectivity index (χ0) is 22.7. The van der Waals surface area contributed by atoms with Crippen LogP contribution in [0.4, 0.5) is 0 Å². The van der Waals surface area contributed by atoms with E-state index in [0.717, 1.165) is 42.1 Å². The van der Waals surface area contributed by atoms with Gasteiger partial charge in [0.15, 0.2) is 0 Å². The first-order chi connectivity index (χ1) is 15.4. The number of benzene rings is 2. The van der Waals surface area contributed by atoms with Crippen molar-refractivity contribution in [2.45, 2.75) is 25.3 Å². The topological polar surface area (TPSA) is 64.3 Å². The van der Waals surface area contributed by atoms with Gasteiger partial charge in [0, 0.05) is 29.9 Å². The summed E-state index contributed by atoms with van der Waals surface area (Å²) in [6, 6.07) is 16.4. The van der Waals surface area contributed by atoms with Crippen molar-refractivity contribution in [1.82, 2.24) is 14.0 Å². The molecule has 0 amide bonds. The minimum atomic E-state index is -0.599. The number of carbonyl (C=O) groups excluding carboxylic acids is 1. The van der Waals surface area contributed by atoms with Crippen molar-refractivity contribution >= 4 is 40.1 Å². The van der Waals surface area contributed by atoms with Gasteiger partial charge in [0.25, 0.3) is 11.5 Å². The number of rotatable bonds is 6. The van der Waals surface area contributed by atoms with Crippen molar-refractivity contribution in [1.29, 1.82) is 0 Å². The first kappa shape index (κ1) is 22.9.